The summed E-state index contributed by atoms with van der Waals surface area (Å²) in [5, 5.41) is 0. The van der Waals surface area contributed by atoms with E-state index in [-0.39, 0.29) is 0 Å². The van der Waals surface area contributed by atoms with Crippen LogP contribution in [0.15, 0.2) is 36.5 Å². The Morgan fingerprint density at radius 2 is 1.64 bits per heavy atom. The van der Waals surface area contributed by atoms with E-state index in [2.05, 4.69) is 6.58 Å². The SMILES string of the molecule is C=C/C=C(F)\C(F)=C/C.CC. The Bertz CT molecular complexity index is 155. The van der Waals surface area contributed by atoms with Crippen LogP contribution >= 0.6 is 0 Å². The van der Waals surface area contributed by atoms with Gasteiger partial charge in [-0.15, -0.1) is 0 Å². The van der Waals surface area contributed by atoms with Gasteiger partial charge in [0.05, 0.1) is 0 Å². The second-order valence-electron chi connectivity index (χ2n) is 1.39. The van der Waals surface area contributed by atoms with Crippen LogP contribution in [-0.2, 0) is 0 Å². The molecule has 0 N–H and O–H groups in total. The lowest BCUT2D eigenvalue weighted by atomic mass is 10.4. The van der Waals surface area contributed by atoms with Crippen molar-refractivity contribution >= 4 is 0 Å². The zero-order chi connectivity index (χ0) is 9.28. The fourth-order valence-corrected chi connectivity index (χ4v) is 0.321. The molecule has 0 aromatic heterocycles. The lowest BCUT2D eigenvalue weighted by Crippen LogP contribution is -1.71. The molecule has 0 aliphatic rings. The van der Waals surface area contributed by atoms with E-state index in [0.29, 0.717) is 0 Å². The predicted molar refractivity (Wildman–Crippen MR) is 45.6 cm³/mol. The Hall–Kier alpha value is -0.920. The first-order valence-corrected chi connectivity index (χ1v) is 3.52. The summed E-state index contributed by atoms with van der Waals surface area (Å²) in [5.41, 5.74) is 0. The second-order valence-corrected chi connectivity index (χ2v) is 1.39. The fourth-order valence-electron chi connectivity index (χ4n) is 0.321. The Morgan fingerprint density at radius 3 is 1.91 bits per heavy atom. The minimum absolute atomic E-state index is 0.852. The Balaban J connectivity index is 0. The summed E-state index contributed by atoms with van der Waals surface area (Å²) in [7, 11) is 0. The molecule has 2 heteroatoms. The summed E-state index contributed by atoms with van der Waals surface area (Å²) in [6.45, 7) is 8.63. The van der Waals surface area contributed by atoms with Gasteiger partial charge in [-0.25, -0.2) is 8.78 Å². The molecule has 0 aliphatic heterocycles. The lowest BCUT2D eigenvalue weighted by molar-refractivity contribution is 0.544. The average Bonchev–Trinajstić information content (AvgIpc) is 2.07. The number of allylic oxidation sites excluding steroid dienone is 5. The maximum atomic E-state index is 12.1. The highest BCUT2D eigenvalue weighted by molar-refractivity contribution is 5.21. The third-order valence-electron chi connectivity index (χ3n) is 0.746. The van der Waals surface area contributed by atoms with Gasteiger partial charge in [0.25, 0.3) is 0 Å². The largest absolute Gasteiger partial charge is 0.204 e. The van der Waals surface area contributed by atoms with E-state index in [4.69, 9.17) is 0 Å². The molecule has 0 fully saturated rings. The van der Waals surface area contributed by atoms with Crippen LogP contribution in [0.3, 0.4) is 0 Å². The number of hydrogen-bond acceptors (Lipinski definition) is 0. The van der Waals surface area contributed by atoms with Gasteiger partial charge in [-0.05, 0) is 19.1 Å². The molecule has 11 heavy (non-hydrogen) atoms. The van der Waals surface area contributed by atoms with Gasteiger partial charge in [-0.3, -0.25) is 0 Å². The van der Waals surface area contributed by atoms with Crippen LogP contribution in [0, 0.1) is 0 Å². The molecule has 0 amide bonds. The Labute approximate surface area is 66.9 Å². The van der Waals surface area contributed by atoms with Crippen LogP contribution in [0.2, 0.25) is 0 Å². The van der Waals surface area contributed by atoms with E-state index in [9.17, 15) is 8.78 Å². The van der Waals surface area contributed by atoms with Crippen LogP contribution in [0.1, 0.15) is 20.8 Å². The molecule has 0 bridgehead atoms. The van der Waals surface area contributed by atoms with E-state index in [1.165, 1.54) is 13.0 Å². The molecule has 0 heterocycles. The molecule has 64 valence electrons. The highest BCUT2D eigenvalue weighted by atomic mass is 19.2. The monoisotopic (exact) mass is 160 g/mol. The van der Waals surface area contributed by atoms with Gasteiger partial charge in [-0.1, -0.05) is 26.5 Å². The molecule has 0 spiro atoms. The quantitative estimate of drug-likeness (QED) is 0.537. The van der Waals surface area contributed by atoms with Crippen molar-refractivity contribution in [2.45, 2.75) is 20.8 Å². The van der Waals surface area contributed by atoms with Crippen molar-refractivity contribution in [3.63, 3.8) is 0 Å². The van der Waals surface area contributed by atoms with E-state index in [1.54, 1.807) is 0 Å². The number of halogens is 2. The van der Waals surface area contributed by atoms with Crippen LogP contribution in [0.4, 0.5) is 8.78 Å². The summed E-state index contributed by atoms with van der Waals surface area (Å²) in [5.74, 6) is -1.73. The van der Waals surface area contributed by atoms with Crippen molar-refractivity contribution in [3.8, 4) is 0 Å². The minimum Gasteiger partial charge on any atom is -0.204 e. The summed E-state index contributed by atoms with van der Waals surface area (Å²) >= 11 is 0. The molecule has 0 aromatic rings. The number of rotatable bonds is 2. The van der Waals surface area contributed by atoms with Crippen molar-refractivity contribution in [2.75, 3.05) is 0 Å². The van der Waals surface area contributed by atoms with Crippen molar-refractivity contribution < 1.29 is 8.78 Å². The maximum Gasteiger partial charge on any atom is 0.158 e. The summed E-state index contributed by atoms with van der Waals surface area (Å²) in [6.07, 6.45) is 3.21. The van der Waals surface area contributed by atoms with Gasteiger partial charge in [-0.2, -0.15) is 0 Å². The Morgan fingerprint density at radius 1 is 1.18 bits per heavy atom. The molecule has 0 nitrogen and oxygen atoms in total. The molecule has 0 aliphatic carbocycles. The normalized spacial score (nSPS) is 11.7. The standard InChI is InChI=1S/C7H8F2.C2H6/c1-3-5-7(9)6(8)4-2;1-2/h3-5H,1H2,2H3;1-2H3/b6-4+,7-5+;. The zero-order valence-electron chi connectivity index (χ0n) is 7.20. The van der Waals surface area contributed by atoms with E-state index in [1.807, 2.05) is 13.8 Å². The molecule has 0 aromatic carbocycles. The zero-order valence-corrected chi connectivity index (χ0v) is 7.20. The first kappa shape index (κ1) is 12.7. The maximum absolute atomic E-state index is 12.1. The molecular weight excluding hydrogens is 146 g/mol. The third kappa shape index (κ3) is 6.97. The van der Waals surface area contributed by atoms with Gasteiger partial charge in [0, 0.05) is 0 Å². The van der Waals surface area contributed by atoms with Crippen LogP contribution in [-0.4, -0.2) is 0 Å². The molecule has 0 rings (SSSR count). The molecule has 0 unspecified atom stereocenters. The molecule has 0 saturated carbocycles. The van der Waals surface area contributed by atoms with E-state index >= 15 is 0 Å². The highest BCUT2D eigenvalue weighted by Gasteiger charge is 1.96. The first-order valence-electron chi connectivity index (χ1n) is 3.52. The van der Waals surface area contributed by atoms with Crippen molar-refractivity contribution in [3.05, 3.63) is 36.5 Å². The van der Waals surface area contributed by atoms with Gasteiger partial charge in [0.15, 0.2) is 11.7 Å². The molecule has 0 saturated heterocycles. The van der Waals surface area contributed by atoms with E-state index in [0.717, 1.165) is 12.2 Å². The first-order chi connectivity index (χ1) is 5.22. The van der Waals surface area contributed by atoms with Crippen LogP contribution in [0.25, 0.3) is 0 Å². The summed E-state index contributed by atoms with van der Waals surface area (Å²) in [6, 6.07) is 0. The summed E-state index contributed by atoms with van der Waals surface area (Å²) in [4.78, 5) is 0. The smallest absolute Gasteiger partial charge is 0.158 e. The fraction of sp³-hybridized carbons (Fsp3) is 0.333. The highest BCUT2D eigenvalue weighted by Crippen LogP contribution is 2.11. The van der Waals surface area contributed by atoms with Gasteiger partial charge < -0.3 is 0 Å². The van der Waals surface area contributed by atoms with Crippen LogP contribution in [0.5, 0.6) is 0 Å². The topological polar surface area (TPSA) is 0 Å². The third-order valence-corrected chi connectivity index (χ3v) is 0.746. The number of hydrogen-bond donors (Lipinski definition) is 0. The molecular formula is C9H14F2. The predicted octanol–water partition coefficient (Wildman–Crippen LogP) is 3.93. The van der Waals surface area contributed by atoms with E-state index < -0.39 is 11.7 Å². The molecule has 0 atom stereocenters. The van der Waals surface area contributed by atoms with Crippen molar-refractivity contribution in [2.24, 2.45) is 0 Å². The van der Waals surface area contributed by atoms with Gasteiger partial charge >= 0.3 is 0 Å². The lowest BCUT2D eigenvalue weighted by Gasteiger charge is -1.86. The van der Waals surface area contributed by atoms with Crippen LogP contribution < -0.4 is 0 Å². The van der Waals surface area contributed by atoms with Crippen molar-refractivity contribution in [1.82, 2.24) is 0 Å². The van der Waals surface area contributed by atoms with Crippen molar-refractivity contribution in [1.29, 1.82) is 0 Å². The van der Waals surface area contributed by atoms with Gasteiger partial charge in [0.2, 0.25) is 0 Å². The average molecular weight is 160 g/mol. The Kier molecular flexibility index (Phi) is 10.5. The van der Waals surface area contributed by atoms with Gasteiger partial charge in [0.1, 0.15) is 0 Å². The summed E-state index contributed by atoms with van der Waals surface area (Å²) < 4.78 is 24.2. The second kappa shape index (κ2) is 9.08. The minimum atomic E-state index is -0.882. The molecule has 0 radical (unpaired) electrons.